The topological polar surface area (TPSA) is 67.4 Å². The van der Waals surface area contributed by atoms with E-state index in [2.05, 4.69) is 10.0 Å². The van der Waals surface area contributed by atoms with Crippen molar-refractivity contribution in [3.63, 3.8) is 0 Å². The lowest BCUT2D eigenvalue weighted by atomic mass is 9.99. The number of hydrogen-bond acceptors (Lipinski definition) is 5. The van der Waals surface area contributed by atoms with Gasteiger partial charge < -0.3 is 10.1 Å². The number of hydrogen-bond donors (Lipinski definition) is 2. The van der Waals surface area contributed by atoms with Crippen molar-refractivity contribution in [2.75, 3.05) is 10.0 Å². The molecule has 2 heterocycles. The van der Waals surface area contributed by atoms with Gasteiger partial charge in [0.25, 0.3) is 15.2 Å². The van der Waals surface area contributed by atoms with E-state index in [1.54, 1.807) is 23.6 Å². The van der Waals surface area contributed by atoms with Gasteiger partial charge in [0, 0.05) is 12.1 Å². The average Bonchev–Trinajstić information content (AvgIpc) is 2.96. The summed E-state index contributed by atoms with van der Waals surface area (Å²) in [7, 11) is -3.56. The van der Waals surface area contributed by atoms with Gasteiger partial charge in [-0.3, -0.25) is 4.72 Å². The first-order valence-corrected chi connectivity index (χ1v) is 9.80. The first-order valence-electron chi connectivity index (χ1n) is 7.03. The third-order valence-corrected chi connectivity index (χ3v) is 6.60. The summed E-state index contributed by atoms with van der Waals surface area (Å²) >= 11 is 6.31. The van der Waals surface area contributed by atoms with E-state index in [4.69, 9.17) is 17.0 Å². The SMILES string of the molecule is Cc1c(NS(=O)(=O)c2cccs2)ccc2c1CC(C)OC(=S)N2. The molecule has 1 aromatic heterocycles. The molecule has 3 rings (SSSR count). The van der Waals surface area contributed by atoms with Crippen molar-refractivity contribution < 1.29 is 13.2 Å². The van der Waals surface area contributed by atoms with E-state index in [9.17, 15) is 8.42 Å². The molecule has 0 amide bonds. The summed E-state index contributed by atoms with van der Waals surface area (Å²) < 4.78 is 33.3. The lowest BCUT2D eigenvalue weighted by molar-refractivity contribution is 0.217. The first kappa shape index (κ1) is 16.2. The van der Waals surface area contributed by atoms with Gasteiger partial charge in [0.1, 0.15) is 10.3 Å². The highest BCUT2D eigenvalue weighted by Crippen LogP contribution is 2.32. The van der Waals surface area contributed by atoms with Crippen LogP contribution in [-0.2, 0) is 21.2 Å². The summed E-state index contributed by atoms with van der Waals surface area (Å²) in [4.78, 5) is 0. The van der Waals surface area contributed by atoms with Crippen molar-refractivity contribution in [3.8, 4) is 0 Å². The summed E-state index contributed by atoms with van der Waals surface area (Å²) in [5, 5.41) is 5.12. The molecule has 0 spiro atoms. The molecule has 1 aromatic carbocycles. The van der Waals surface area contributed by atoms with Gasteiger partial charge in [-0.2, -0.15) is 0 Å². The quantitative estimate of drug-likeness (QED) is 0.812. The maximum Gasteiger partial charge on any atom is 0.271 e. The van der Waals surface area contributed by atoms with Crippen LogP contribution in [0.4, 0.5) is 11.4 Å². The average molecular weight is 369 g/mol. The van der Waals surface area contributed by atoms with Crippen molar-refractivity contribution in [1.29, 1.82) is 0 Å². The van der Waals surface area contributed by atoms with Gasteiger partial charge in [0.2, 0.25) is 0 Å². The Bertz CT molecular complexity index is 845. The number of benzene rings is 1. The minimum absolute atomic E-state index is 0.0703. The Morgan fingerprint density at radius 2 is 2.17 bits per heavy atom. The Morgan fingerprint density at radius 3 is 2.87 bits per heavy atom. The maximum atomic E-state index is 12.4. The minimum Gasteiger partial charge on any atom is -0.467 e. The molecule has 0 radical (unpaired) electrons. The second kappa shape index (κ2) is 6.10. The summed E-state index contributed by atoms with van der Waals surface area (Å²) in [6.45, 7) is 3.83. The standard InChI is InChI=1S/C15H16N2O3S3/c1-9-8-11-10(2)12(5-6-13(11)16-15(21)20-9)17-23(18,19)14-4-3-7-22-14/h3-7,9,17H,8H2,1-2H3,(H,16,21). The van der Waals surface area contributed by atoms with Crippen LogP contribution >= 0.6 is 23.6 Å². The number of nitrogens with one attached hydrogen (secondary N) is 2. The molecule has 1 aliphatic heterocycles. The van der Waals surface area contributed by atoms with Crippen LogP contribution in [0.2, 0.25) is 0 Å². The maximum absolute atomic E-state index is 12.4. The smallest absolute Gasteiger partial charge is 0.271 e. The number of thiocarbonyl (C=S) groups is 1. The molecule has 0 bridgehead atoms. The molecule has 1 aliphatic rings. The number of thiophene rings is 1. The summed E-state index contributed by atoms with van der Waals surface area (Å²) in [5.74, 6) is 0. The molecule has 2 aromatic rings. The molecular weight excluding hydrogens is 352 g/mol. The van der Waals surface area contributed by atoms with Crippen LogP contribution in [0.25, 0.3) is 0 Å². The van der Waals surface area contributed by atoms with Crippen molar-refractivity contribution in [1.82, 2.24) is 0 Å². The molecule has 1 atom stereocenters. The Morgan fingerprint density at radius 1 is 1.39 bits per heavy atom. The minimum atomic E-state index is -3.56. The summed E-state index contributed by atoms with van der Waals surface area (Å²) in [5.41, 5.74) is 3.30. The van der Waals surface area contributed by atoms with Gasteiger partial charge in [-0.15, -0.1) is 11.3 Å². The molecule has 122 valence electrons. The van der Waals surface area contributed by atoms with Gasteiger partial charge >= 0.3 is 0 Å². The van der Waals surface area contributed by atoms with Gasteiger partial charge in [0.15, 0.2) is 0 Å². The highest BCUT2D eigenvalue weighted by Gasteiger charge is 2.22. The molecule has 0 saturated heterocycles. The molecule has 23 heavy (non-hydrogen) atoms. The number of rotatable bonds is 3. The Balaban J connectivity index is 1.98. The van der Waals surface area contributed by atoms with Crippen molar-refractivity contribution >= 4 is 50.1 Å². The summed E-state index contributed by atoms with van der Waals surface area (Å²) in [6, 6.07) is 6.86. The Kier molecular flexibility index (Phi) is 4.31. The van der Waals surface area contributed by atoms with Crippen LogP contribution in [0.3, 0.4) is 0 Å². The van der Waals surface area contributed by atoms with Crippen molar-refractivity contribution in [2.24, 2.45) is 0 Å². The van der Waals surface area contributed by atoms with Gasteiger partial charge in [0.05, 0.1) is 5.69 Å². The lowest BCUT2D eigenvalue weighted by Gasteiger charge is -2.16. The molecule has 2 N–H and O–H groups in total. The van der Waals surface area contributed by atoms with Crippen LogP contribution in [0, 0.1) is 6.92 Å². The molecule has 1 unspecified atom stereocenters. The lowest BCUT2D eigenvalue weighted by Crippen LogP contribution is -2.16. The van der Waals surface area contributed by atoms with E-state index >= 15 is 0 Å². The zero-order chi connectivity index (χ0) is 16.6. The van der Waals surface area contributed by atoms with E-state index in [1.807, 2.05) is 19.9 Å². The molecular formula is C15H16N2O3S3. The molecule has 0 saturated carbocycles. The van der Waals surface area contributed by atoms with E-state index in [0.717, 1.165) is 16.8 Å². The van der Waals surface area contributed by atoms with Crippen LogP contribution < -0.4 is 10.0 Å². The first-order chi connectivity index (χ1) is 10.9. The van der Waals surface area contributed by atoms with E-state index in [-0.39, 0.29) is 6.10 Å². The van der Waals surface area contributed by atoms with Crippen LogP contribution in [-0.4, -0.2) is 19.7 Å². The molecule has 0 fully saturated rings. The number of ether oxygens (including phenoxy) is 1. The fraction of sp³-hybridized carbons (Fsp3) is 0.267. The fourth-order valence-corrected chi connectivity index (χ4v) is 4.90. The predicted molar refractivity (Wildman–Crippen MR) is 96.8 cm³/mol. The second-order valence-electron chi connectivity index (χ2n) is 5.35. The molecule has 0 aliphatic carbocycles. The van der Waals surface area contributed by atoms with Crippen molar-refractivity contribution in [3.05, 3.63) is 40.8 Å². The van der Waals surface area contributed by atoms with Gasteiger partial charge in [-0.05, 0) is 60.8 Å². The number of fused-ring (bicyclic) bond motifs is 1. The van der Waals surface area contributed by atoms with Crippen molar-refractivity contribution in [2.45, 2.75) is 30.6 Å². The number of sulfonamides is 1. The molecule has 8 heteroatoms. The van der Waals surface area contributed by atoms with E-state index in [0.29, 0.717) is 21.5 Å². The molecule has 5 nitrogen and oxygen atoms in total. The highest BCUT2D eigenvalue weighted by molar-refractivity contribution is 7.94. The number of anilines is 2. The van der Waals surface area contributed by atoms with E-state index in [1.165, 1.54) is 11.3 Å². The highest BCUT2D eigenvalue weighted by atomic mass is 32.2. The fourth-order valence-electron chi connectivity index (χ4n) is 2.51. The van der Waals surface area contributed by atoms with Gasteiger partial charge in [-0.25, -0.2) is 8.42 Å². The Hall–Kier alpha value is -1.64. The van der Waals surface area contributed by atoms with Crippen LogP contribution in [0.1, 0.15) is 18.1 Å². The van der Waals surface area contributed by atoms with Crippen LogP contribution in [0.15, 0.2) is 33.9 Å². The third kappa shape index (κ3) is 3.34. The monoisotopic (exact) mass is 368 g/mol. The normalized spacial score (nSPS) is 17.7. The second-order valence-corrected chi connectivity index (χ2v) is 8.57. The summed E-state index contributed by atoms with van der Waals surface area (Å²) in [6.07, 6.45) is 0.585. The van der Waals surface area contributed by atoms with Crippen LogP contribution in [0.5, 0.6) is 0 Å². The zero-order valence-electron chi connectivity index (χ0n) is 12.6. The van der Waals surface area contributed by atoms with E-state index < -0.39 is 10.0 Å². The van der Waals surface area contributed by atoms with Gasteiger partial charge in [-0.1, -0.05) is 6.07 Å². The zero-order valence-corrected chi connectivity index (χ0v) is 15.1. The third-order valence-electron chi connectivity index (χ3n) is 3.64. The predicted octanol–water partition coefficient (Wildman–Crippen LogP) is 3.52. The Labute approximate surface area is 144 Å². The largest absolute Gasteiger partial charge is 0.467 e.